The van der Waals surface area contributed by atoms with E-state index in [1.54, 1.807) is 0 Å². The van der Waals surface area contributed by atoms with Crippen LogP contribution in [-0.2, 0) is 0 Å². The molecule has 2 heteroatoms. The van der Waals surface area contributed by atoms with Gasteiger partial charge in [-0.3, -0.25) is 0 Å². The number of para-hydroxylation sites is 1. The van der Waals surface area contributed by atoms with Gasteiger partial charge in [-0.1, -0.05) is 18.2 Å². The first-order valence-electron chi connectivity index (χ1n) is 3.79. The molecule has 0 N–H and O–H groups in total. The predicted octanol–water partition coefficient (Wildman–Crippen LogP) is 1.99. The first kappa shape index (κ1) is 6.68. The Balaban J connectivity index is 2.47. The minimum absolute atomic E-state index is 0.381. The van der Waals surface area contributed by atoms with Crippen molar-refractivity contribution in [2.45, 2.75) is 13.0 Å². The molecule has 0 bridgehead atoms. The average Bonchev–Trinajstić information content (AvgIpc) is 2.30. The highest BCUT2D eigenvalue weighted by Crippen LogP contribution is 2.34. The minimum atomic E-state index is 0.381. The standard InChI is InChI=1S/C9H11NO/c1-7-8-5-3-4-6-9(8)11-10(7)2/h3-7H,1-2H3. The normalized spacial score (nSPS) is 22.9. The van der Waals surface area contributed by atoms with Crippen LogP contribution >= 0.6 is 0 Å². The van der Waals surface area contributed by atoms with Crippen LogP contribution in [0.15, 0.2) is 24.3 Å². The van der Waals surface area contributed by atoms with Crippen molar-refractivity contribution in [2.24, 2.45) is 0 Å². The van der Waals surface area contributed by atoms with Crippen LogP contribution in [0.3, 0.4) is 0 Å². The van der Waals surface area contributed by atoms with Crippen molar-refractivity contribution in [2.75, 3.05) is 7.05 Å². The lowest BCUT2D eigenvalue weighted by Crippen LogP contribution is -2.18. The van der Waals surface area contributed by atoms with E-state index < -0.39 is 0 Å². The Hall–Kier alpha value is -1.02. The Morgan fingerprint density at radius 3 is 2.82 bits per heavy atom. The van der Waals surface area contributed by atoms with Crippen molar-refractivity contribution >= 4 is 0 Å². The fraction of sp³-hybridized carbons (Fsp3) is 0.333. The highest BCUT2D eigenvalue weighted by Gasteiger charge is 2.24. The second-order valence-corrected chi connectivity index (χ2v) is 2.85. The molecule has 0 amide bonds. The highest BCUT2D eigenvalue weighted by molar-refractivity contribution is 5.37. The summed E-state index contributed by atoms with van der Waals surface area (Å²) in [6.45, 7) is 2.13. The Bertz CT molecular complexity index is 272. The maximum Gasteiger partial charge on any atom is 0.152 e. The van der Waals surface area contributed by atoms with E-state index in [-0.39, 0.29) is 0 Å². The lowest BCUT2D eigenvalue weighted by Gasteiger charge is -2.11. The summed E-state index contributed by atoms with van der Waals surface area (Å²) >= 11 is 0. The van der Waals surface area contributed by atoms with Crippen molar-refractivity contribution in [1.82, 2.24) is 5.06 Å². The van der Waals surface area contributed by atoms with Gasteiger partial charge in [-0.2, -0.15) is 0 Å². The van der Waals surface area contributed by atoms with Crippen LogP contribution < -0.4 is 4.84 Å². The van der Waals surface area contributed by atoms with Gasteiger partial charge in [-0.25, -0.2) is 0 Å². The molecule has 1 atom stereocenters. The number of rotatable bonds is 0. The van der Waals surface area contributed by atoms with E-state index in [2.05, 4.69) is 13.0 Å². The molecule has 1 heterocycles. The third-order valence-electron chi connectivity index (χ3n) is 2.16. The third-order valence-corrected chi connectivity index (χ3v) is 2.16. The third kappa shape index (κ3) is 0.906. The summed E-state index contributed by atoms with van der Waals surface area (Å²) in [6, 6.07) is 8.51. The predicted molar refractivity (Wildman–Crippen MR) is 43.2 cm³/mol. The van der Waals surface area contributed by atoms with Gasteiger partial charge in [0.15, 0.2) is 5.75 Å². The largest absolute Gasteiger partial charge is 0.405 e. The van der Waals surface area contributed by atoms with E-state index in [9.17, 15) is 0 Å². The molecule has 58 valence electrons. The number of hydrogen-bond donors (Lipinski definition) is 0. The van der Waals surface area contributed by atoms with Crippen LogP contribution in [-0.4, -0.2) is 12.1 Å². The first-order valence-corrected chi connectivity index (χ1v) is 3.79. The summed E-state index contributed by atoms with van der Waals surface area (Å²) in [4.78, 5) is 5.45. The topological polar surface area (TPSA) is 12.5 Å². The Kier molecular flexibility index (Phi) is 1.36. The Labute approximate surface area is 66.3 Å². The lowest BCUT2D eigenvalue weighted by molar-refractivity contribution is -0.0380. The average molecular weight is 149 g/mol. The summed E-state index contributed by atoms with van der Waals surface area (Å²) in [7, 11) is 1.95. The van der Waals surface area contributed by atoms with Gasteiger partial charge >= 0.3 is 0 Å². The fourth-order valence-corrected chi connectivity index (χ4v) is 1.34. The van der Waals surface area contributed by atoms with Crippen LogP contribution in [0.2, 0.25) is 0 Å². The van der Waals surface area contributed by atoms with Gasteiger partial charge in [0.1, 0.15) is 0 Å². The molecular weight excluding hydrogens is 138 g/mol. The molecule has 1 aliphatic rings. The van der Waals surface area contributed by atoms with Crippen molar-refractivity contribution in [3.63, 3.8) is 0 Å². The van der Waals surface area contributed by atoms with E-state index in [0.29, 0.717) is 6.04 Å². The molecule has 0 aliphatic carbocycles. The van der Waals surface area contributed by atoms with Gasteiger partial charge in [0.25, 0.3) is 0 Å². The molecule has 0 aromatic heterocycles. The highest BCUT2D eigenvalue weighted by atomic mass is 16.7. The molecule has 0 spiro atoms. The molecule has 1 aromatic rings. The molecule has 1 aliphatic heterocycles. The van der Waals surface area contributed by atoms with Crippen LogP contribution in [0.4, 0.5) is 0 Å². The van der Waals surface area contributed by atoms with Crippen LogP contribution in [0.25, 0.3) is 0 Å². The number of hydroxylamine groups is 2. The molecule has 0 saturated carbocycles. The summed E-state index contributed by atoms with van der Waals surface area (Å²) in [5.74, 6) is 0.988. The maximum absolute atomic E-state index is 5.45. The zero-order valence-corrected chi connectivity index (χ0v) is 6.74. The van der Waals surface area contributed by atoms with E-state index in [4.69, 9.17) is 4.84 Å². The van der Waals surface area contributed by atoms with E-state index in [0.717, 1.165) is 5.75 Å². The van der Waals surface area contributed by atoms with Crippen molar-refractivity contribution in [3.05, 3.63) is 29.8 Å². The molecule has 2 nitrogen and oxygen atoms in total. The lowest BCUT2D eigenvalue weighted by atomic mass is 10.1. The van der Waals surface area contributed by atoms with Crippen LogP contribution in [0.5, 0.6) is 5.75 Å². The second kappa shape index (κ2) is 2.24. The summed E-state index contributed by atoms with van der Waals surface area (Å²) < 4.78 is 0. The molecule has 0 fully saturated rings. The Morgan fingerprint density at radius 2 is 2.09 bits per heavy atom. The number of hydrogen-bond acceptors (Lipinski definition) is 2. The fourth-order valence-electron chi connectivity index (χ4n) is 1.34. The Morgan fingerprint density at radius 1 is 1.36 bits per heavy atom. The first-order chi connectivity index (χ1) is 5.29. The van der Waals surface area contributed by atoms with Gasteiger partial charge in [0, 0.05) is 12.6 Å². The van der Waals surface area contributed by atoms with E-state index in [1.807, 2.05) is 30.3 Å². The van der Waals surface area contributed by atoms with Gasteiger partial charge in [0.05, 0.1) is 6.04 Å². The number of nitrogens with zero attached hydrogens (tertiary/aromatic N) is 1. The molecule has 11 heavy (non-hydrogen) atoms. The van der Waals surface area contributed by atoms with Crippen molar-refractivity contribution in [3.8, 4) is 5.75 Å². The van der Waals surface area contributed by atoms with Crippen molar-refractivity contribution in [1.29, 1.82) is 0 Å². The monoisotopic (exact) mass is 149 g/mol. The van der Waals surface area contributed by atoms with Gasteiger partial charge in [0.2, 0.25) is 0 Å². The number of fused-ring (bicyclic) bond motifs is 1. The quantitative estimate of drug-likeness (QED) is 0.559. The molecule has 1 aromatic carbocycles. The molecule has 0 saturated heterocycles. The zero-order chi connectivity index (χ0) is 7.84. The van der Waals surface area contributed by atoms with Crippen LogP contribution in [0, 0.1) is 0 Å². The minimum Gasteiger partial charge on any atom is -0.405 e. The van der Waals surface area contributed by atoms with Gasteiger partial charge in [-0.05, 0) is 13.0 Å². The zero-order valence-electron chi connectivity index (χ0n) is 6.74. The van der Waals surface area contributed by atoms with E-state index in [1.165, 1.54) is 5.56 Å². The molecular formula is C9H11NO. The van der Waals surface area contributed by atoms with E-state index >= 15 is 0 Å². The maximum atomic E-state index is 5.45. The van der Waals surface area contributed by atoms with Crippen molar-refractivity contribution < 1.29 is 4.84 Å². The SMILES string of the molecule is CC1c2ccccc2ON1C. The smallest absolute Gasteiger partial charge is 0.152 e. The van der Waals surface area contributed by atoms with Gasteiger partial charge < -0.3 is 4.84 Å². The molecule has 1 unspecified atom stereocenters. The second-order valence-electron chi connectivity index (χ2n) is 2.85. The molecule has 0 radical (unpaired) electrons. The summed E-state index contributed by atoms with van der Waals surface area (Å²) in [6.07, 6.45) is 0. The summed E-state index contributed by atoms with van der Waals surface area (Å²) in [5.41, 5.74) is 1.27. The number of benzene rings is 1. The van der Waals surface area contributed by atoms with Gasteiger partial charge in [-0.15, -0.1) is 5.06 Å². The summed E-state index contributed by atoms with van der Waals surface area (Å²) in [5, 5.41) is 1.87. The molecule has 2 rings (SSSR count). The van der Waals surface area contributed by atoms with Crippen LogP contribution in [0.1, 0.15) is 18.5 Å².